The lowest BCUT2D eigenvalue weighted by atomic mass is 10.1. The molecule has 0 saturated carbocycles. The van der Waals surface area contributed by atoms with Crippen molar-refractivity contribution in [3.63, 3.8) is 0 Å². The first-order chi connectivity index (χ1) is 13.5. The molecule has 6 heteroatoms. The van der Waals surface area contributed by atoms with Gasteiger partial charge >= 0.3 is 6.03 Å². The third-order valence-electron chi connectivity index (χ3n) is 5.56. The fraction of sp³-hybridized carbons (Fsp3) is 0.409. The summed E-state index contributed by atoms with van der Waals surface area (Å²) in [7, 11) is 1.76. The number of nitrogens with one attached hydrogen (secondary N) is 1. The molecule has 0 aromatic heterocycles. The van der Waals surface area contributed by atoms with Crippen molar-refractivity contribution >= 4 is 17.4 Å². The van der Waals surface area contributed by atoms with E-state index in [1.807, 2.05) is 25.1 Å². The van der Waals surface area contributed by atoms with Gasteiger partial charge in [-0.05, 0) is 43.3 Å². The molecule has 1 aliphatic rings. The average molecular weight is 384 g/mol. The van der Waals surface area contributed by atoms with E-state index in [4.69, 9.17) is 0 Å². The highest BCUT2D eigenvalue weighted by atomic mass is 19.1. The van der Waals surface area contributed by atoms with Crippen molar-refractivity contribution in [3.05, 3.63) is 59.9 Å². The summed E-state index contributed by atoms with van der Waals surface area (Å²) in [5.41, 5.74) is 2.76. The maximum absolute atomic E-state index is 13.2. The van der Waals surface area contributed by atoms with Crippen LogP contribution in [-0.2, 0) is 0 Å². The maximum atomic E-state index is 13.2. The van der Waals surface area contributed by atoms with Gasteiger partial charge in [0.15, 0.2) is 0 Å². The number of hydrogen-bond donors (Lipinski definition) is 1. The van der Waals surface area contributed by atoms with Crippen LogP contribution in [0.15, 0.2) is 48.5 Å². The Morgan fingerprint density at radius 2 is 1.75 bits per heavy atom. The van der Waals surface area contributed by atoms with Crippen molar-refractivity contribution in [2.75, 3.05) is 50.0 Å². The predicted molar refractivity (Wildman–Crippen MR) is 112 cm³/mol. The van der Waals surface area contributed by atoms with Crippen LogP contribution < -0.4 is 10.2 Å². The van der Waals surface area contributed by atoms with Crippen molar-refractivity contribution < 1.29 is 9.18 Å². The van der Waals surface area contributed by atoms with Crippen LogP contribution in [0.4, 0.5) is 20.6 Å². The number of rotatable bonds is 5. The molecule has 2 aromatic rings. The number of likely N-dealkylation sites (N-methyl/N-ethyl adjacent to an activating group) is 1. The standard InChI is InChI=1S/C22H29FN4O/c1-4-26-13-15-27(16-14-26)21-8-6-5-7-20(21)24-22(28)25(3)17(2)18-9-11-19(23)12-10-18/h5-12,17H,4,13-16H2,1-3H3,(H,24,28). The Morgan fingerprint density at radius 3 is 2.39 bits per heavy atom. The van der Waals surface area contributed by atoms with E-state index in [1.165, 1.54) is 12.1 Å². The minimum absolute atomic E-state index is 0.166. The van der Waals surface area contributed by atoms with Crippen LogP contribution in [0.3, 0.4) is 0 Å². The number of amides is 2. The smallest absolute Gasteiger partial charge is 0.322 e. The maximum Gasteiger partial charge on any atom is 0.322 e. The number of nitrogens with zero attached hydrogens (tertiary/aromatic N) is 3. The van der Waals surface area contributed by atoms with Gasteiger partial charge in [0, 0.05) is 33.2 Å². The summed E-state index contributed by atoms with van der Waals surface area (Å²) in [6.07, 6.45) is 0. The molecule has 5 nitrogen and oxygen atoms in total. The van der Waals surface area contributed by atoms with Gasteiger partial charge in [-0.2, -0.15) is 0 Å². The molecule has 28 heavy (non-hydrogen) atoms. The summed E-state index contributed by atoms with van der Waals surface area (Å²) in [5.74, 6) is -0.278. The van der Waals surface area contributed by atoms with Crippen LogP contribution in [0.25, 0.3) is 0 Å². The van der Waals surface area contributed by atoms with E-state index in [9.17, 15) is 9.18 Å². The predicted octanol–water partition coefficient (Wildman–Crippen LogP) is 4.19. The molecule has 1 atom stereocenters. The fourth-order valence-corrected chi connectivity index (χ4v) is 3.50. The van der Waals surface area contributed by atoms with E-state index in [1.54, 1.807) is 24.1 Å². The highest BCUT2D eigenvalue weighted by Crippen LogP contribution is 2.28. The number of anilines is 2. The van der Waals surface area contributed by atoms with Crippen LogP contribution in [0.1, 0.15) is 25.5 Å². The number of hydrogen-bond acceptors (Lipinski definition) is 3. The Hall–Kier alpha value is -2.60. The molecule has 1 N–H and O–H groups in total. The monoisotopic (exact) mass is 384 g/mol. The molecule has 1 aliphatic heterocycles. The van der Waals surface area contributed by atoms with E-state index >= 15 is 0 Å². The Balaban J connectivity index is 1.69. The molecule has 0 radical (unpaired) electrons. The van der Waals surface area contributed by atoms with Crippen molar-refractivity contribution in [3.8, 4) is 0 Å². The van der Waals surface area contributed by atoms with E-state index in [0.29, 0.717) is 0 Å². The van der Waals surface area contributed by atoms with Gasteiger partial charge in [-0.1, -0.05) is 31.2 Å². The Bertz CT molecular complexity index is 787. The normalized spacial score (nSPS) is 15.9. The summed E-state index contributed by atoms with van der Waals surface area (Å²) in [5, 5.41) is 3.05. The second-order valence-electron chi connectivity index (χ2n) is 7.21. The van der Waals surface area contributed by atoms with Gasteiger partial charge in [-0.25, -0.2) is 9.18 Å². The van der Waals surface area contributed by atoms with Crippen molar-refractivity contribution in [2.24, 2.45) is 0 Å². The zero-order valence-corrected chi connectivity index (χ0v) is 16.9. The minimum atomic E-state index is -0.278. The molecule has 2 aromatic carbocycles. The molecule has 1 unspecified atom stereocenters. The van der Waals surface area contributed by atoms with Gasteiger partial charge in [-0.15, -0.1) is 0 Å². The third-order valence-corrected chi connectivity index (χ3v) is 5.56. The van der Waals surface area contributed by atoms with Gasteiger partial charge in [0.1, 0.15) is 5.82 Å². The molecule has 150 valence electrons. The molecule has 0 aliphatic carbocycles. The van der Waals surface area contributed by atoms with Crippen LogP contribution in [0.5, 0.6) is 0 Å². The van der Waals surface area contributed by atoms with Crippen molar-refractivity contribution in [1.82, 2.24) is 9.80 Å². The number of halogens is 1. The summed E-state index contributed by atoms with van der Waals surface area (Å²) in [6.45, 7) is 9.13. The lowest BCUT2D eigenvalue weighted by Crippen LogP contribution is -2.46. The van der Waals surface area contributed by atoms with Crippen LogP contribution in [0, 0.1) is 5.82 Å². The number of carbonyl (C=O) groups is 1. The molecule has 2 amide bonds. The average Bonchev–Trinajstić information content (AvgIpc) is 2.73. The molecular formula is C22H29FN4O. The van der Waals surface area contributed by atoms with E-state index in [-0.39, 0.29) is 17.9 Å². The zero-order chi connectivity index (χ0) is 20.1. The lowest BCUT2D eigenvalue weighted by Gasteiger charge is -2.36. The highest BCUT2D eigenvalue weighted by molar-refractivity contribution is 5.93. The fourth-order valence-electron chi connectivity index (χ4n) is 3.50. The molecule has 1 fully saturated rings. The SMILES string of the molecule is CCN1CCN(c2ccccc2NC(=O)N(C)C(C)c2ccc(F)cc2)CC1. The van der Waals surface area contributed by atoms with Crippen LogP contribution in [-0.4, -0.2) is 55.6 Å². The second-order valence-corrected chi connectivity index (χ2v) is 7.21. The quantitative estimate of drug-likeness (QED) is 0.840. The number of piperazine rings is 1. The summed E-state index contributed by atoms with van der Waals surface area (Å²) < 4.78 is 13.2. The summed E-state index contributed by atoms with van der Waals surface area (Å²) in [6, 6.07) is 13.8. The molecule has 3 rings (SSSR count). The highest BCUT2D eigenvalue weighted by Gasteiger charge is 2.21. The van der Waals surface area contributed by atoms with Gasteiger partial charge in [0.25, 0.3) is 0 Å². The second kappa shape index (κ2) is 9.06. The van der Waals surface area contributed by atoms with Gasteiger partial charge in [0.05, 0.1) is 17.4 Å². The van der Waals surface area contributed by atoms with E-state index in [2.05, 4.69) is 28.1 Å². The summed E-state index contributed by atoms with van der Waals surface area (Å²) in [4.78, 5) is 19.2. The van der Waals surface area contributed by atoms with Crippen molar-refractivity contribution in [1.29, 1.82) is 0 Å². The van der Waals surface area contributed by atoms with E-state index < -0.39 is 0 Å². The Morgan fingerprint density at radius 1 is 1.11 bits per heavy atom. The Kier molecular flexibility index (Phi) is 6.52. The van der Waals surface area contributed by atoms with Gasteiger partial charge in [0.2, 0.25) is 0 Å². The van der Waals surface area contributed by atoms with Crippen LogP contribution >= 0.6 is 0 Å². The molecule has 1 heterocycles. The molecule has 0 bridgehead atoms. The first kappa shape index (κ1) is 20.1. The van der Waals surface area contributed by atoms with E-state index in [0.717, 1.165) is 49.7 Å². The number of benzene rings is 2. The first-order valence-corrected chi connectivity index (χ1v) is 9.85. The third kappa shape index (κ3) is 4.62. The van der Waals surface area contributed by atoms with Crippen LogP contribution in [0.2, 0.25) is 0 Å². The Labute approximate surface area is 166 Å². The van der Waals surface area contributed by atoms with Crippen molar-refractivity contribution in [2.45, 2.75) is 19.9 Å². The minimum Gasteiger partial charge on any atom is -0.367 e. The molecule has 1 saturated heterocycles. The largest absolute Gasteiger partial charge is 0.367 e. The summed E-state index contributed by atoms with van der Waals surface area (Å²) >= 11 is 0. The topological polar surface area (TPSA) is 38.8 Å². The molecule has 0 spiro atoms. The number of urea groups is 1. The number of carbonyl (C=O) groups excluding carboxylic acids is 1. The van der Waals surface area contributed by atoms with Gasteiger partial charge < -0.3 is 20.0 Å². The zero-order valence-electron chi connectivity index (χ0n) is 16.9. The molecular weight excluding hydrogens is 355 g/mol. The number of para-hydroxylation sites is 2. The first-order valence-electron chi connectivity index (χ1n) is 9.85. The van der Waals surface area contributed by atoms with Gasteiger partial charge in [-0.3, -0.25) is 0 Å². The lowest BCUT2D eigenvalue weighted by molar-refractivity contribution is 0.208.